The van der Waals surface area contributed by atoms with Crippen molar-refractivity contribution < 1.29 is 33.0 Å². The van der Waals surface area contributed by atoms with E-state index >= 15 is 0 Å². The molecule has 220 valence electrons. The molecule has 0 heterocycles. The van der Waals surface area contributed by atoms with Gasteiger partial charge in [0.1, 0.15) is 23.1 Å². The molecule has 0 saturated heterocycles. The Balaban J connectivity index is 0.000000230. The number of carbonyl (C=O) groups excluding carboxylic acids is 1. The van der Waals surface area contributed by atoms with Crippen molar-refractivity contribution in [1.82, 2.24) is 0 Å². The number of rotatable bonds is 10. The molecule has 0 unspecified atom stereocenters. The van der Waals surface area contributed by atoms with Gasteiger partial charge in [0.15, 0.2) is 0 Å². The maximum atomic E-state index is 13.9. The molecule has 4 aromatic carbocycles. The summed E-state index contributed by atoms with van der Waals surface area (Å²) in [5.41, 5.74) is 7.91. The van der Waals surface area contributed by atoms with Gasteiger partial charge in [-0.2, -0.15) is 0 Å². The highest BCUT2D eigenvalue weighted by Gasteiger charge is 2.16. The minimum Gasteiger partial charge on any atom is -0.496 e. The smallest absolute Gasteiger partial charge is 0.336 e. The van der Waals surface area contributed by atoms with Gasteiger partial charge in [-0.1, -0.05) is 44.0 Å². The van der Waals surface area contributed by atoms with Gasteiger partial charge in [0.2, 0.25) is 5.91 Å². The molecular weight excluding hydrogens is 676 g/mol. The number of benzene rings is 4. The van der Waals surface area contributed by atoms with Crippen molar-refractivity contribution >= 4 is 43.7 Å². The highest BCUT2D eigenvalue weighted by atomic mass is 79.9. The molecule has 4 aromatic rings. The normalized spacial score (nSPS) is 10.4. The molecule has 0 spiro atoms. The Morgan fingerprint density at radius 1 is 0.714 bits per heavy atom. The van der Waals surface area contributed by atoms with Crippen molar-refractivity contribution in [2.24, 2.45) is 5.73 Å². The van der Waals surface area contributed by atoms with Crippen LogP contribution >= 0.6 is 31.9 Å². The first kappa shape index (κ1) is 32.8. The van der Waals surface area contributed by atoms with Gasteiger partial charge in [-0.15, -0.1) is 0 Å². The molecule has 0 aliphatic rings. The predicted molar refractivity (Wildman–Crippen MR) is 164 cm³/mol. The molecule has 0 atom stereocenters. The first-order chi connectivity index (χ1) is 20.0. The average Bonchev–Trinajstić information content (AvgIpc) is 2.96. The van der Waals surface area contributed by atoms with Gasteiger partial charge in [-0.3, -0.25) is 4.79 Å². The monoisotopic (exact) mass is 703 g/mol. The van der Waals surface area contributed by atoms with Gasteiger partial charge in [0.25, 0.3) is 0 Å². The van der Waals surface area contributed by atoms with Gasteiger partial charge in [-0.05, 0) is 97.5 Å². The Bertz CT molecular complexity index is 1460. The van der Waals surface area contributed by atoms with Gasteiger partial charge in [0.05, 0.1) is 19.8 Å². The molecule has 42 heavy (non-hydrogen) atoms. The Hall–Kier alpha value is -3.76. The number of nitrogens with two attached hydrogens (primary N) is 1. The Kier molecular flexibility index (Phi) is 12.1. The van der Waals surface area contributed by atoms with E-state index in [1.54, 1.807) is 20.3 Å². The number of aryl methyl sites for hydroxylation is 2. The maximum absolute atomic E-state index is 13.9. The van der Waals surface area contributed by atoms with E-state index in [1.807, 2.05) is 36.4 Å². The van der Waals surface area contributed by atoms with Crippen molar-refractivity contribution in [2.45, 2.75) is 25.7 Å². The zero-order chi connectivity index (χ0) is 30.8. The summed E-state index contributed by atoms with van der Waals surface area (Å²) in [7, 11) is 3.16. The fourth-order valence-corrected chi connectivity index (χ4v) is 5.28. The van der Waals surface area contributed by atoms with E-state index < -0.39 is 23.5 Å². The number of carbonyl (C=O) groups is 2. The fourth-order valence-electron chi connectivity index (χ4n) is 4.46. The lowest BCUT2D eigenvalue weighted by atomic mass is 9.98. The van der Waals surface area contributed by atoms with Crippen LogP contribution in [-0.4, -0.2) is 31.2 Å². The van der Waals surface area contributed by atoms with Crippen LogP contribution in [-0.2, 0) is 25.7 Å². The molecule has 0 aliphatic heterocycles. The summed E-state index contributed by atoms with van der Waals surface area (Å²) < 4.78 is 40.2. The van der Waals surface area contributed by atoms with Gasteiger partial charge < -0.3 is 20.3 Å². The molecule has 6 nitrogen and oxygen atoms in total. The Morgan fingerprint density at radius 3 is 1.55 bits per heavy atom. The lowest BCUT2D eigenvalue weighted by Crippen LogP contribution is -2.15. The summed E-state index contributed by atoms with van der Waals surface area (Å²) in [5, 5.41) is 9.13. The second-order valence-corrected chi connectivity index (χ2v) is 10.9. The molecule has 0 fully saturated rings. The first-order valence-corrected chi connectivity index (χ1v) is 14.4. The predicted octanol–water partition coefficient (Wildman–Crippen LogP) is 7.56. The van der Waals surface area contributed by atoms with Crippen LogP contribution in [0.2, 0.25) is 0 Å². The Morgan fingerprint density at radius 2 is 1.14 bits per heavy atom. The first-order valence-electron chi connectivity index (χ1n) is 12.8. The van der Waals surface area contributed by atoms with Gasteiger partial charge >= 0.3 is 5.97 Å². The number of halogens is 4. The van der Waals surface area contributed by atoms with Gasteiger partial charge in [-0.25, -0.2) is 13.6 Å². The third kappa shape index (κ3) is 8.62. The fraction of sp³-hybridized carbons (Fsp3) is 0.188. The second kappa shape index (κ2) is 15.5. The summed E-state index contributed by atoms with van der Waals surface area (Å²) >= 11 is 6.78. The summed E-state index contributed by atoms with van der Waals surface area (Å²) in [6, 6.07) is 19.7. The summed E-state index contributed by atoms with van der Waals surface area (Å²) in [6.07, 6.45) is 1.70. The number of aromatic carboxylic acids is 1. The number of hydrogen-bond donors (Lipinski definition) is 2. The van der Waals surface area contributed by atoms with Crippen LogP contribution in [0.1, 0.15) is 43.0 Å². The molecule has 3 N–H and O–H groups in total. The Labute approximate surface area is 259 Å². The second-order valence-electron chi connectivity index (χ2n) is 9.11. The van der Waals surface area contributed by atoms with E-state index in [0.717, 1.165) is 25.8 Å². The van der Waals surface area contributed by atoms with Crippen LogP contribution in [0.4, 0.5) is 8.78 Å². The molecule has 0 aliphatic carbocycles. The van der Waals surface area contributed by atoms with E-state index in [4.69, 9.17) is 20.3 Å². The third-order valence-electron chi connectivity index (χ3n) is 6.51. The number of carboxylic acid groups (broad SMARTS) is 1. The zero-order valence-electron chi connectivity index (χ0n) is 22.9. The topological polar surface area (TPSA) is 98.8 Å². The lowest BCUT2D eigenvalue weighted by Gasteiger charge is -2.11. The van der Waals surface area contributed by atoms with Crippen LogP contribution in [0.3, 0.4) is 0 Å². The molecule has 0 aromatic heterocycles. The van der Waals surface area contributed by atoms with Crippen LogP contribution in [0.5, 0.6) is 11.5 Å². The highest BCUT2D eigenvalue weighted by molar-refractivity contribution is 9.10. The standard InChI is InChI=1S/C16H15BrFNO2.C16H14BrFO3/c2*1-21-15-8-6-11(17)9-10(15)5-7-12-13(16(19)20)3-2-4-14(12)18/h2-4,6,8-9H,5,7H2,1H3,(H2,19,20);2-4,6,8-9H,5,7H2,1H3,(H,19,20). The zero-order valence-corrected chi connectivity index (χ0v) is 26.1. The number of amides is 1. The number of hydrogen-bond acceptors (Lipinski definition) is 4. The SMILES string of the molecule is COc1ccc(Br)cc1CCc1c(F)cccc1C(=O)O.COc1ccc(Br)cc1CCc1c(F)cccc1C(N)=O. The summed E-state index contributed by atoms with van der Waals surface area (Å²) in [4.78, 5) is 22.5. The van der Waals surface area contributed by atoms with Crippen molar-refractivity contribution in [3.05, 3.63) is 127 Å². The van der Waals surface area contributed by atoms with E-state index in [9.17, 15) is 18.4 Å². The van der Waals surface area contributed by atoms with Crippen molar-refractivity contribution in [3.63, 3.8) is 0 Å². The van der Waals surface area contributed by atoms with E-state index in [0.29, 0.717) is 37.0 Å². The minimum atomic E-state index is -1.12. The highest BCUT2D eigenvalue weighted by Crippen LogP contribution is 2.27. The number of methoxy groups -OCH3 is 2. The molecule has 10 heteroatoms. The summed E-state index contributed by atoms with van der Waals surface area (Å²) in [5.74, 6) is -1.22. The number of primary amides is 1. The average molecular weight is 705 g/mol. The van der Waals surface area contributed by atoms with Crippen LogP contribution < -0.4 is 15.2 Å². The molecule has 0 saturated carbocycles. The van der Waals surface area contributed by atoms with Crippen molar-refractivity contribution in [2.75, 3.05) is 14.2 Å². The van der Waals surface area contributed by atoms with Gasteiger partial charge in [0, 0.05) is 25.6 Å². The minimum absolute atomic E-state index is 0.00367. The van der Waals surface area contributed by atoms with Crippen LogP contribution in [0.15, 0.2) is 81.7 Å². The molecule has 0 bridgehead atoms. The van der Waals surface area contributed by atoms with Crippen LogP contribution in [0, 0.1) is 11.6 Å². The molecule has 0 radical (unpaired) electrons. The van der Waals surface area contributed by atoms with E-state index in [1.165, 1.54) is 30.3 Å². The molecular formula is C32H29Br2F2NO5. The van der Waals surface area contributed by atoms with E-state index in [-0.39, 0.29) is 16.7 Å². The quantitative estimate of drug-likeness (QED) is 0.178. The molecule has 4 rings (SSSR count). The maximum Gasteiger partial charge on any atom is 0.336 e. The number of ether oxygens (including phenoxy) is 2. The summed E-state index contributed by atoms with van der Waals surface area (Å²) in [6.45, 7) is 0. The van der Waals surface area contributed by atoms with Crippen LogP contribution in [0.25, 0.3) is 0 Å². The number of carboxylic acids is 1. The largest absolute Gasteiger partial charge is 0.496 e. The van der Waals surface area contributed by atoms with Crippen molar-refractivity contribution in [1.29, 1.82) is 0 Å². The molecule has 1 amide bonds. The van der Waals surface area contributed by atoms with E-state index in [2.05, 4.69) is 31.9 Å². The lowest BCUT2D eigenvalue weighted by molar-refractivity contribution is 0.0694. The van der Waals surface area contributed by atoms with Crippen molar-refractivity contribution in [3.8, 4) is 11.5 Å². The third-order valence-corrected chi connectivity index (χ3v) is 7.49.